The SMILES string of the molecule is CCC(=O)N[C@H]1C[C@@H](n2cnc3c(NCC(O)(c4ccc(Cl)cc4)c4ccc(Cl)cc4)nc(N4CCC(NC(=O)Nc5cccnc5)C4)nc32)[C@H](O)[C@@H]1O.Cl. The van der Waals surface area contributed by atoms with Crippen molar-refractivity contribution >= 4 is 76.2 Å². The van der Waals surface area contributed by atoms with Gasteiger partial charge in [0.15, 0.2) is 17.0 Å². The lowest BCUT2D eigenvalue weighted by molar-refractivity contribution is -0.122. The molecule has 290 valence electrons. The normalized spacial score (nSPS) is 20.9. The largest absolute Gasteiger partial charge is 0.388 e. The highest BCUT2D eigenvalue weighted by Crippen LogP contribution is 2.36. The first-order valence-electron chi connectivity index (χ1n) is 17.6. The third kappa shape index (κ3) is 8.57. The molecule has 2 aliphatic rings. The molecule has 7 N–H and O–H groups in total. The lowest BCUT2D eigenvalue weighted by atomic mass is 9.86. The lowest BCUT2D eigenvalue weighted by Crippen LogP contribution is -2.42. The van der Waals surface area contributed by atoms with Crippen LogP contribution in [0.4, 0.5) is 22.2 Å². The van der Waals surface area contributed by atoms with Crippen molar-refractivity contribution in [3.8, 4) is 0 Å². The number of nitrogens with one attached hydrogen (secondary N) is 4. The number of fused-ring (bicyclic) bond motifs is 1. The summed E-state index contributed by atoms with van der Waals surface area (Å²) < 4.78 is 1.69. The predicted molar refractivity (Wildman–Crippen MR) is 212 cm³/mol. The number of nitrogens with zero attached hydrogens (tertiary/aromatic N) is 6. The van der Waals surface area contributed by atoms with Gasteiger partial charge in [0.2, 0.25) is 11.9 Å². The average molecular weight is 812 g/mol. The van der Waals surface area contributed by atoms with E-state index in [0.29, 0.717) is 69.3 Å². The van der Waals surface area contributed by atoms with E-state index in [9.17, 15) is 24.9 Å². The summed E-state index contributed by atoms with van der Waals surface area (Å²) in [5.74, 6) is 0.400. The van der Waals surface area contributed by atoms with E-state index in [0.717, 1.165) is 0 Å². The number of benzene rings is 2. The van der Waals surface area contributed by atoms with Crippen LogP contribution in [0.2, 0.25) is 10.0 Å². The molecule has 0 bridgehead atoms. The number of aromatic nitrogens is 5. The zero-order valence-electron chi connectivity index (χ0n) is 29.6. The minimum Gasteiger partial charge on any atom is -0.388 e. The number of hydrogen-bond donors (Lipinski definition) is 7. The Balaban J connectivity index is 0.00000514. The molecule has 1 aliphatic heterocycles. The maximum absolute atomic E-state index is 12.8. The number of carbonyl (C=O) groups is 2. The van der Waals surface area contributed by atoms with Crippen molar-refractivity contribution in [2.45, 2.75) is 62.1 Å². The summed E-state index contributed by atoms with van der Waals surface area (Å²) in [5.41, 5.74) is 0.860. The highest BCUT2D eigenvalue weighted by atomic mass is 35.5. The molecular weight excluding hydrogens is 771 g/mol. The van der Waals surface area contributed by atoms with Gasteiger partial charge in [-0.25, -0.2) is 9.78 Å². The van der Waals surface area contributed by atoms with Gasteiger partial charge in [0.05, 0.1) is 36.8 Å². The van der Waals surface area contributed by atoms with Gasteiger partial charge in [0.25, 0.3) is 0 Å². The number of pyridine rings is 1. The molecule has 3 amide bonds. The highest BCUT2D eigenvalue weighted by molar-refractivity contribution is 6.30. The molecule has 1 unspecified atom stereocenters. The van der Waals surface area contributed by atoms with Crippen molar-refractivity contribution in [3.05, 3.63) is 101 Å². The van der Waals surface area contributed by atoms with Crippen molar-refractivity contribution in [2.75, 3.05) is 35.2 Å². The van der Waals surface area contributed by atoms with E-state index < -0.39 is 29.9 Å². The Morgan fingerprint density at radius 1 is 0.964 bits per heavy atom. The molecule has 18 heteroatoms. The minimum absolute atomic E-state index is 0. The number of rotatable bonds is 11. The minimum atomic E-state index is -1.57. The molecule has 1 saturated heterocycles. The maximum Gasteiger partial charge on any atom is 0.319 e. The zero-order chi connectivity index (χ0) is 38.0. The van der Waals surface area contributed by atoms with Crippen LogP contribution >= 0.6 is 35.6 Å². The molecule has 1 aliphatic carbocycles. The van der Waals surface area contributed by atoms with Crippen LogP contribution in [0.25, 0.3) is 11.2 Å². The van der Waals surface area contributed by atoms with E-state index in [1.165, 1.54) is 6.33 Å². The van der Waals surface area contributed by atoms with E-state index in [1.54, 1.807) is 84.5 Å². The van der Waals surface area contributed by atoms with Crippen molar-refractivity contribution in [1.82, 2.24) is 35.1 Å². The van der Waals surface area contributed by atoms with E-state index in [2.05, 4.69) is 31.2 Å². The number of carbonyl (C=O) groups excluding carboxylic acids is 2. The molecule has 5 aromatic rings. The molecule has 4 heterocycles. The van der Waals surface area contributed by atoms with Crippen molar-refractivity contribution < 1.29 is 24.9 Å². The first-order chi connectivity index (χ1) is 26.0. The maximum atomic E-state index is 12.8. The van der Waals surface area contributed by atoms with E-state index >= 15 is 0 Å². The quantitative estimate of drug-likeness (QED) is 0.101. The van der Waals surface area contributed by atoms with Crippen LogP contribution in [0, 0.1) is 0 Å². The monoisotopic (exact) mass is 810 g/mol. The lowest BCUT2D eigenvalue weighted by Gasteiger charge is -2.30. The van der Waals surface area contributed by atoms with Gasteiger partial charge in [-0.15, -0.1) is 12.4 Å². The van der Waals surface area contributed by atoms with Crippen molar-refractivity contribution in [1.29, 1.82) is 0 Å². The Morgan fingerprint density at radius 2 is 1.65 bits per heavy atom. The van der Waals surface area contributed by atoms with Gasteiger partial charge in [-0.05, 0) is 60.4 Å². The number of imidazole rings is 1. The molecule has 0 radical (unpaired) electrons. The van der Waals surface area contributed by atoms with Gasteiger partial charge in [-0.3, -0.25) is 9.78 Å². The molecule has 2 fully saturated rings. The van der Waals surface area contributed by atoms with Crippen molar-refractivity contribution in [3.63, 3.8) is 0 Å². The Kier molecular flexibility index (Phi) is 12.3. The molecule has 5 atom stereocenters. The summed E-state index contributed by atoms with van der Waals surface area (Å²) in [6.07, 6.45) is 3.36. The summed E-state index contributed by atoms with van der Waals surface area (Å²) in [7, 11) is 0. The van der Waals surface area contributed by atoms with Gasteiger partial charge >= 0.3 is 6.03 Å². The summed E-state index contributed by atoms with van der Waals surface area (Å²) in [4.78, 5) is 45.4. The molecule has 2 aromatic carbocycles. The third-order valence-corrected chi connectivity index (χ3v) is 10.5. The summed E-state index contributed by atoms with van der Waals surface area (Å²) in [6, 6.07) is 15.3. The molecule has 0 spiro atoms. The predicted octanol–water partition coefficient (Wildman–Crippen LogP) is 4.26. The summed E-state index contributed by atoms with van der Waals surface area (Å²) >= 11 is 12.4. The number of aliphatic hydroxyl groups excluding tert-OH is 2. The topological polar surface area (TPSA) is 203 Å². The zero-order valence-corrected chi connectivity index (χ0v) is 32.0. The van der Waals surface area contributed by atoms with Gasteiger partial charge < -0.3 is 46.1 Å². The number of hydrogen-bond acceptors (Lipinski definition) is 11. The fraction of sp³-hybridized carbons (Fsp3) is 0.351. The van der Waals surface area contributed by atoms with Crippen LogP contribution in [0.15, 0.2) is 79.4 Å². The number of anilines is 3. The Morgan fingerprint density at radius 3 is 2.29 bits per heavy atom. The van der Waals surface area contributed by atoms with Crippen LogP contribution in [0.1, 0.15) is 43.4 Å². The fourth-order valence-corrected chi connectivity index (χ4v) is 7.28. The molecule has 3 aromatic heterocycles. The number of halogens is 3. The van der Waals surface area contributed by atoms with Crippen molar-refractivity contribution in [2.24, 2.45) is 0 Å². The standard InChI is InChI=1S/C37H40Cl2N10O5.ClH/c1-2-29(50)45-27-16-28(32(52)31(27)51)49-20-42-30-33(41-19-37(54,21-5-9-23(38)10-6-21)22-7-11-24(39)12-8-22)46-35(47-34(30)49)48-15-13-26(18-48)44-36(53)43-25-4-3-14-40-17-25;/h3-12,14,17,20,26-28,31-32,51-52,54H,2,13,15-16,18-19H2,1H3,(H,45,50)(H,41,46,47)(H2,43,44,53);1H/t26?,27-,28+,31+,32-;/m0./s1. The molecule has 15 nitrogen and oxygen atoms in total. The van der Waals surface area contributed by atoms with Crippen LogP contribution in [-0.2, 0) is 10.4 Å². The number of amides is 3. The first-order valence-corrected chi connectivity index (χ1v) is 18.4. The fourth-order valence-electron chi connectivity index (χ4n) is 7.03. The highest BCUT2D eigenvalue weighted by Gasteiger charge is 2.44. The van der Waals surface area contributed by atoms with E-state index in [-0.39, 0.29) is 49.8 Å². The van der Waals surface area contributed by atoms with Crippen LogP contribution in [0.5, 0.6) is 0 Å². The van der Waals surface area contributed by atoms with Gasteiger partial charge in [0.1, 0.15) is 17.8 Å². The second-order valence-electron chi connectivity index (χ2n) is 13.5. The Hall–Kier alpha value is -4.77. The molecule has 7 rings (SSSR count). The number of urea groups is 1. The van der Waals surface area contributed by atoms with Gasteiger partial charge in [0, 0.05) is 41.8 Å². The van der Waals surface area contributed by atoms with Crippen LogP contribution in [0.3, 0.4) is 0 Å². The Bertz CT molecular complexity index is 2060. The smallest absolute Gasteiger partial charge is 0.319 e. The third-order valence-electron chi connectivity index (χ3n) is 9.97. The first kappa shape index (κ1) is 39.9. The van der Waals surface area contributed by atoms with Gasteiger partial charge in [-0.1, -0.05) is 54.4 Å². The van der Waals surface area contributed by atoms with Gasteiger partial charge in [-0.2, -0.15) is 9.97 Å². The molecular formula is C37H41Cl3N10O5. The molecule has 55 heavy (non-hydrogen) atoms. The average Bonchev–Trinajstić information content (AvgIpc) is 3.89. The summed E-state index contributed by atoms with van der Waals surface area (Å²) in [6.45, 7) is 2.58. The van der Waals surface area contributed by atoms with E-state index in [1.807, 2.05) is 4.90 Å². The number of aliphatic hydroxyl groups is 3. The van der Waals surface area contributed by atoms with Crippen LogP contribution in [-0.4, -0.2) is 95.7 Å². The van der Waals surface area contributed by atoms with E-state index in [4.69, 9.17) is 33.2 Å². The molecule has 1 saturated carbocycles. The summed E-state index contributed by atoms with van der Waals surface area (Å²) in [5, 5.41) is 47.4. The Labute approximate surface area is 332 Å². The second-order valence-corrected chi connectivity index (χ2v) is 14.4. The second kappa shape index (κ2) is 16.9. The van der Waals surface area contributed by atoms with Crippen LogP contribution < -0.4 is 26.2 Å².